The predicted octanol–water partition coefficient (Wildman–Crippen LogP) is 1.74. The van der Waals surface area contributed by atoms with Crippen LogP contribution in [0.15, 0.2) is 0 Å². The zero-order chi connectivity index (χ0) is 10.1. The minimum absolute atomic E-state index is 0.547. The molecule has 13 heavy (non-hydrogen) atoms. The van der Waals surface area contributed by atoms with Crippen molar-refractivity contribution in [1.82, 2.24) is 10.6 Å². The number of amidine groups is 1. The molecule has 0 aliphatic carbocycles. The van der Waals surface area contributed by atoms with Gasteiger partial charge in [-0.2, -0.15) is 0 Å². The van der Waals surface area contributed by atoms with Crippen molar-refractivity contribution in [2.45, 2.75) is 46.1 Å². The van der Waals surface area contributed by atoms with Gasteiger partial charge in [0.25, 0.3) is 0 Å². The van der Waals surface area contributed by atoms with Crippen LogP contribution in [0.3, 0.4) is 0 Å². The molecule has 3 nitrogen and oxygen atoms in total. The van der Waals surface area contributed by atoms with Crippen molar-refractivity contribution in [3.63, 3.8) is 0 Å². The number of nitrogens with one attached hydrogen (secondary N) is 3. The van der Waals surface area contributed by atoms with E-state index in [1.165, 1.54) is 19.3 Å². The lowest BCUT2D eigenvalue weighted by atomic mass is 10.1. The molecule has 1 unspecified atom stereocenters. The summed E-state index contributed by atoms with van der Waals surface area (Å²) in [5.74, 6) is 0.547. The van der Waals surface area contributed by atoms with Crippen LogP contribution in [0.25, 0.3) is 0 Å². The van der Waals surface area contributed by atoms with E-state index >= 15 is 0 Å². The summed E-state index contributed by atoms with van der Waals surface area (Å²) in [6, 6.07) is 0.651. The topological polar surface area (TPSA) is 47.9 Å². The van der Waals surface area contributed by atoms with E-state index in [1.54, 1.807) is 6.92 Å². The highest BCUT2D eigenvalue weighted by atomic mass is 15.0. The first-order valence-electron chi connectivity index (χ1n) is 5.23. The Morgan fingerprint density at radius 2 is 2.00 bits per heavy atom. The van der Waals surface area contributed by atoms with Gasteiger partial charge in [-0.3, -0.25) is 5.41 Å². The Labute approximate surface area is 81.8 Å². The van der Waals surface area contributed by atoms with E-state index < -0.39 is 0 Å². The first kappa shape index (κ1) is 12.4. The fraction of sp³-hybridized carbons (Fsp3) is 0.900. The fourth-order valence-corrected chi connectivity index (χ4v) is 1.33. The third kappa shape index (κ3) is 7.78. The van der Waals surface area contributed by atoms with Gasteiger partial charge in [-0.1, -0.05) is 20.3 Å². The van der Waals surface area contributed by atoms with Crippen molar-refractivity contribution >= 4 is 5.84 Å². The van der Waals surface area contributed by atoms with Crippen LogP contribution in [0.4, 0.5) is 0 Å². The van der Waals surface area contributed by atoms with Crippen LogP contribution in [0.5, 0.6) is 0 Å². The van der Waals surface area contributed by atoms with Crippen molar-refractivity contribution in [1.29, 1.82) is 5.41 Å². The van der Waals surface area contributed by atoms with E-state index in [-0.39, 0.29) is 0 Å². The van der Waals surface area contributed by atoms with Crippen LogP contribution in [0.2, 0.25) is 0 Å². The molecule has 78 valence electrons. The molecule has 0 rings (SSSR count). The summed E-state index contributed by atoms with van der Waals surface area (Å²) in [6.07, 6.45) is 3.68. The SMILES string of the molecule is CCCC(CC)NCCNC(C)=N. The first-order chi connectivity index (χ1) is 6.20. The Bertz CT molecular complexity index is 134. The van der Waals surface area contributed by atoms with Gasteiger partial charge in [0.15, 0.2) is 0 Å². The van der Waals surface area contributed by atoms with Gasteiger partial charge in [0.1, 0.15) is 0 Å². The van der Waals surface area contributed by atoms with E-state index in [0.29, 0.717) is 11.9 Å². The third-order valence-electron chi connectivity index (χ3n) is 2.08. The number of hydrogen-bond donors (Lipinski definition) is 3. The second-order valence-electron chi connectivity index (χ2n) is 3.40. The summed E-state index contributed by atoms with van der Waals surface area (Å²) in [6.45, 7) is 8.00. The molecule has 0 saturated carbocycles. The molecular formula is C10H23N3. The predicted molar refractivity (Wildman–Crippen MR) is 58.4 cm³/mol. The molecule has 3 heteroatoms. The average Bonchev–Trinajstić information content (AvgIpc) is 2.10. The molecule has 0 saturated heterocycles. The molecule has 0 aromatic carbocycles. The maximum absolute atomic E-state index is 7.17. The zero-order valence-electron chi connectivity index (χ0n) is 9.11. The zero-order valence-corrected chi connectivity index (χ0v) is 9.11. The number of rotatable bonds is 7. The third-order valence-corrected chi connectivity index (χ3v) is 2.08. The maximum atomic E-state index is 7.17. The molecule has 0 radical (unpaired) electrons. The van der Waals surface area contributed by atoms with Crippen molar-refractivity contribution < 1.29 is 0 Å². The summed E-state index contributed by atoms with van der Waals surface area (Å²) in [5, 5.41) is 13.6. The molecule has 0 amide bonds. The van der Waals surface area contributed by atoms with Gasteiger partial charge in [-0.25, -0.2) is 0 Å². The molecule has 0 aromatic heterocycles. The Hall–Kier alpha value is -0.570. The standard InChI is InChI=1S/C10H23N3/c1-4-6-10(5-2)13-8-7-12-9(3)11/h10,13H,4-8H2,1-3H3,(H2,11,12). The van der Waals surface area contributed by atoms with E-state index in [0.717, 1.165) is 13.1 Å². The Morgan fingerprint density at radius 1 is 1.31 bits per heavy atom. The van der Waals surface area contributed by atoms with Gasteiger partial charge < -0.3 is 10.6 Å². The van der Waals surface area contributed by atoms with Gasteiger partial charge in [0, 0.05) is 19.1 Å². The highest BCUT2D eigenvalue weighted by Crippen LogP contribution is 1.99. The monoisotopic (exact) mass is 185 g/mol. The van der Waals surface area contributed by atoms with Crippen molar-refractivity contribution in [3.8, 4) is 0 Å². The molecular weight excluding hydrogens is 162 g/mol. The molecule has 0 aliphatic heterocycles. The minimum atomic E-state index is 0.547. The summed E-state index contributed by atoms with van der Waals surface area (Å²) >= 11 is 0. The first-order valence-corrected chi connectivity index (χ1v) is 5.23. The van der Waals surface area contributed by atoms with Gasteiger partial charge in [-0.05, 0) is 19.8 Å². The van der Waals surface area contributed by atoms with Gasteiger partial charge in [0.2, 0.25) is 0 Å². The van der Waals surface area contributed by atoms with E-state index in [4.69, 9.17) is 5.41 Å². The molecule has 0 heterocycles. The van der Waals surface area contributed by atoms with Crippen molar-refractivity contribution in [2.75, 3.05) is 13.1 Å². The quantitative estimate of drug-likeness (QED) is 0.321. The average molecular weight is 185 g/mol. The highest BCUT2D eigenvalue weighted by molar-refractivity contribution is 5.75. The Balaban J connectivity index is 3.32. The molecule has 0 spiro atoms. The fourth-order valence-electron chi connectivity index (χ4n) is 1.33. The Kier molecular flexibility index (Phi) is 7.69. The minimum Gasteiger partial charge on any atom is -0.373 e. The van der Waals surface area contributed by atoms with E-state index in [9.17, 15) is 0 Å². The van der Waals surface area contributed by atoms with Crippen LogP contribution in [0, 0.1) is 5.41 Å². The molecule has 0 aliphatic rings. The Morgan fingerprint density at radius 3 is 2.46 bits per heavy atom. The van der Waals surface area contributed by atoms with Gasteiger partial charge in [-0.15, -0.1) is 0 Å². The molecule has 0 fully saturated rings. The van der Waals surface area contributed by atoms with Gasteiger partial charge in [0.05, 0.1) is 5.84 Å². The lowest BCUT2D eigenvalue weighted by Gasteiger charge is -2.16. The molecule has 0 aromatic rings. The highest BCUT2D eigenvalue weighted by Gasteiger charge is 2.02. The van der Waals surface area contributed by atoms with E-state index in [1.807, 2.05) is 0 Å². The van der Waals surface area contributed by atoms with Crippen LogP contribution >= 0.6 is 0 Å². The second-order valence-corrected chi connectivity index (χ2v) is 3.40. The van der Waals surface area contributed by atoms with Crippen molar-refractivity contribution in [2.24, 2.45) is 0 Å². The van der Waals surface area contributed by atoms with Gasteiger partial charge >= 0.3 is 0 Å². The maximum Gasteiger partial charge on any atom is 0.0900 e. The molecule has 3 N–H and O–H groups in total. The summed E-state index contributed by atoms with van der Waals surface area (Å²) < 4.78 is 0. The normalized spacial score (nSPS) is 12.5. The second kappa shape index (κ2) is 8.05. The number of hydrogen-bond acceptors (Lipinski definition) is 2. The molecule has 0 bridgehead atoms. The summed E-state index contributed by atoms with van der Waals surface area (Å²) in [5.41, 5.74) is 0. The van der Waals surface area contributed by atoms with Crippen LogP contribution in [-0.4, -0.2) is 25.0 Å². The lowest BCUT2D eigenvalue weighted by molar-refractivity contribution is 0.465. The van der Waals surface area contributed by atoms with Crippen LogP contribution in [0.1, 0.15) is 40.0 Å². The largest absolute Gasteiger partial charge is 0.373 e. The van der Waals surface area contributed by atoms with Crippen LogP contribution < -0.4 is 10.6 Å². The van der Waals surface area contributed by atoms with E-state index in [2.05, 4.69) is 24.5 Å². The van der Waals surface area contributed by atoms with Crippen LogP contribution in [-0.2, 0) is 0 Å². The summed E-state index contributed by atoms with van der Waals surface area (Å²) in [7, 11) is 0. The lowest BCUT2D eigenvalue weighted by Crippen LogP contribution is -2.35. The smallest absolute Gasteiger partial charge is 0.0900 e. The van der Waals surface area contributed by atoms with Crippen molar-refractivity contribution in [3.05, 3.63) is 0 Å². The summed E-state index contributed by atoms with van der Waals surface area (Å²) in [4.78, 5) is 0. The molecule has 1 atom stereocenters.